The number of hydrogen-bond acceptors (Lipinski definition) is 6. The van der Waals surface area contributed by atoms with Crippen LogP contribution >= 0.6 is 0 Å². The molecule has 152 valence electrons. The molecule has 1 heterocycles. The third kappa shape index (κ3) is 5.15. The molecule has 0 fully saturated rings. The van der Waals surface area contributed by atoms with Gasteiger partial charge in [0.2, 0.25) is 5.43 Å². The van der Waals surface area contributed by atoms with E-state index in [4.69, 9.17) is 9.47 Å². The monoisotopic (exact) mass is 391 g/mol. The smallest absolute Gasteiger partial charge is 0.407 e. The molecule has 0 aliphatic carbocycles. The van der Waals surface area contributed by atoms with E-state index in [0.29, 0.717) is 11.3 Å². The molecule has 0 saturated heterocycles. The van der Waals surface area contributed by atoms with Crippen molar-refractivity contribution in [3.05, 3.63) is 40.2 Å². The average Bonchev–Trinajstić information content (AvgIpc) is 2.56. The van der Waals surface area contributed by atoms with E-state index < -0.39 is 23.1 Å². The normalized spacial score (nSPS) is 11.2. The van der Waals surface area contributed by atoms with E-state index in [0.717, 1.165) is 0 Å². The van der Waals surface area contributed by atoms with Crippen LogP contribution in [0.5, 0.6) is 5.75 Å². The molecule has 0 aliphatic rings. The largest absolute Gasteiger partial charge is 0.492 e. The molecular weight excluding hydrogens is 366 g/mol. The van der Waals surface area contributed by atoms with E-state index in [1.54, 1.807) is 56.7 Å². The molecular formula is C19H25N3O6. The number of rotatable bonds is 6. The first kappa shape index (κ1) is 21.1. The number of alkyl carbamates (subject to hydrolysis) is 1. The molecule has 1 aromatic carbocycles. The van der Waals surface area contributed by atoms with Crippen molar-refractivity contribution in [3.8, 4) is 5.75 Å². The number of nitrogens with one attached hydrogen (secondary N) is 1. The predicted molar refractivity (Wildman–Crippen MR) is 105 cm³/mol. The zero-order chi connectivity index (χ0) is 21.1. The highest BCUT2D eigenvalue weighted by Crippen LogP contribution is 2.19. The Morgan fingerprint density at radius 2 is 1.93 bits per heavy atom. The maximum atomic E-state index is 12.4. The Morgan fingerprint density at radius 3 is 2.50 bits per heavy atom. The quantitative estimate of drug-likeness (QED) is 0.723. The number of fused-ring (bicyclic) bond motifs is 1. The zero-order valence-corrected chi connectivity index (χ0v) is 16.6. The molecule has 2 aromatic rings. The number of benzene rings is 1. The van der Waals surface area contributed by atoms with Gasteiger partial charge in [-0.05, 0) is 32.9 Å². The maximum Gasteiger partial charge on any atom is 0.407 e. The number of aromatic carboxylic acids is 1. The molecule has 2 N–H and O–H groups in total. The van der Waals surface area contributed by atoms with Crippen molar-refractivity contribution in [2.45, 2.75) is 26.4 Å². The van der Waals surface area contributed by atoms with Gasteiger partial charge < -0.3 is 24.9 Å². The van der Waals surface area contributed by atoms with Gasteiger partial charge in [-0.1, -0.05) is 0 Å². The Morgan fingerprint density at radius 1 is 1.25 bits per heavy atom. The summed E-state index contributed by atoms with van der Waals surface area (Å²) >= 11 is 0. The molecule has 9 nitrogen and oxygen atoms in total. The molecule has 0 aliphatic heterocycles. The van der Waals surface area contributed by atoms with Crippen LogP contribution in [0.4, 0.5) is 4.79 Å². The fourth-order valence-electron chi connectivity index (χ4n) is 2.50. The van der Waals surface area contributed by atoms with E-state index >= 15 is 0 Å². The van der Waals surface area contributed by atoms with Gasteiger partial charge in [0.15, 0.2) is 0 Å². The minimum Gasteiger partial charge on any atom is -0.492 e. The van der Waals surface area contributed by atoms with Crippen molar-refractivity contribution in [1.29, 1.82) is 0 Å². The van der Waals surface area contributed by atoms with Gasteiger partial charge in [0.1, 0.15) is 23.5 Å². The van der Waals surface area contributed by atoms with Crippen LogP contribution in [-0.4, -0.2) is 54.7 Å². The van der Waals surface area contributed by atoms with Gasteiger partial charge in [-0.15, -0.1) is 0 Å². The molecule has 0 atom stereocenters. The molecule has 9 heteroatoms. The van der Waals surface area contributed by atoms with Crippen molar-refractivity contribution in [2.75, 3.05) is 32.3 Å². The lowest BCUT2D eigenvalue weighted by Gasteiger charge is -2.21. The highest BCUT2D eigenvalue weighted by molar-refractivity contribution is 5.93. The lowest BCUT2D eigenvalue weighted by atomic mass is 10.1. The van der Waals surface area contributed by atoms with Crippen molar-refractivity contribution in [2.24, 2.45) is 0 Å². The summed E-state index contributed by atoms with van der Waals surface area (Å²) in [5.74, 6) is -0.799. The highest BCUT2D eigenvalue weighted by Gasteiger charge is 2.17. The average molecular weight is 391 g/mol. The van der Waals surface area contributed by atoms with Gasteiger partial charge in [-0.25, -0.2) is 9.59 Å². The Hall–Kier alpha value is -3.23. The van der Waals surface area contributed by atoms with Crippen LogP contribution in [0, 0.1) is 0 Å². The molecule has 28 heavy (non-hydrogen) atoms. The number of ether oxygens (including phenoxy) is 2. The van der Waals surface area contributed by atoms with Crippen LogP contribution < -0.4 is 20.5 Å². The first-order valence-electron chi connectivity index (χ1n) is 8.69. The van der Waals surface area contributed by atoms with Crippen LogP contribution in [0.2, 0.25) is 0 Å². The van der Waals surface area contributed by atoms with Crippen molar-refractivity contribution >= 4 is 23.0 Å². The number of carbonyl (C=O) groups excluding carboxylic acids is 1. The van der Waals surface area contributed by atoms with Crippen LogP contribution in [0.15, 0.2) is 29.2 Å². The zero-order valence-electron chi connectivity index (χ0n) is 16.6. The number of amides is 1. The predicted octanol–water partition coefficient (Wildman–Crippen LogP) is 1.80. The molecule has 0 saturated carbocycles. The molecule has 0 radical (unpaired) electrons. The maximum absolute atomic E-state index is 12.4. The Labute approximate surface area is 162 Å². The summed E-state index contributed by atoms with van der Waals surface area (Å²) in [6.07, 6.45) is 0.748. The van der Waals surface area contributed by atoms with Gasteiger partial charge in [-0.3, -0.25) is 9.47 Å². The number of nitrogens with zero attached hydrogens (tertiary/aromatic N) is 2. The van der Waals surface area contributed by atoms with Gasteiger partial charge >= 0.3 is 12.1 Å². The van der Waals surface area contributed by atoms with Gasteiger partial charge in [0, 0.05) is 31.7 Å². The summed E-state index contributed by atoms with van der Waals surface area (Å²) in [4.78, 5) is 35.3. The number of carbonyl (C=O) groups is 2. The molecule has 1 amide bonds. The summed E-state index contributed by atoms with van der Waals surface area (Å²) in [6, 6.07) is 4.76. The molecule has 0 spiro atoms. The van der Waals surface area contributed by atoms with Crippen LogP contribution in [0.3, 0.4) is 0 Å². The van der Waals surface area contributed by atoms with E-state index in [9.17, 15) is 19.5 Å². The standard InChI is InChI=1S/C19H25N3O6/c1-19(2,3)28-18(26)20-8-9-27-12-6-7-13-15(10-12)22(21(4)5)11-14(16(13)23)17(24)25/h6-7,10-11H,8-9H2,1-5H3,(H,20,26)(H,24,25). The summed E-state index contributed by atoms with van der Waals surface area (Å²) in [6.45, 7) is 5.77. The van der Waals surface area contributed by atoms with E-state index in [2.05, 4.69) is 5.32 Å². The molecule has 0 bridgehead atoms. The molecule has 0 unspecified atom stereocenters. The van der Waals surface area contributed by atoms with Crippen LogP contribution in [-0.2, 0) is 4.74 Å². The fourth-order valence-corrected chi connectivity index (χ4v) is 2.50. The van der Waals surface area contributed by atoms with E-state index in [1.807, 2.05) is 0 Å². The first-order valence-corrected chi connectivity index (χ1v) is 8.69. The van der Waals surface area contributed by atoms with E-state index in [1.165, 1.54) is 12.3 Å². The SMILES string of the molecule is CN(C)n1cc(C(=O)O)c(=O)c2ccc(OCCNC(=O)OC(C)(C)C)cc21. The second kappa shape index (κ2) is 8.20. The minimum atomic E-state index is -1.28. The number of hydrogen-bond donors (Lipinski definition) is 2. The summed E-state index contributed by atoms with van der Waals surface area (Å²) in [7, 11) is 3.46. The minimum absolute atomic E-state index is 0.199. The van der Waals surface area contributed by atoms with Crippen LogP contribution in [0.25, 0.3) is 10.9 Å². The summed E-state index contributed by atoms with van der Waals surface area (Å²) < 4.78 is 12.3. The van der Waals surface area contributed by atoms with Gasteiger partial charge in [-0.2, -0.15) is 0 Å². The third-order valence-corrected chi connectivity index (χ3v) is 3.66. The molecule has 2 rings (SSSR count). The highest BCUT2D eigenvalue weighted by atomic mass is 16.6. The first-order chi connectivity index (χ1) is 13.0. The summed E-state index contributed by atoms with van der Waals surface area (Å²) in [5, 5.41) is 13.8. The molecule has 1 aromatic heterocycles. The number of carboxylic acids is 1. The van der Waals surface area contributed by atoms with Crippen molar-refractivity contribution in [3.63, 3.8) is 0 Å². The van der Waals surface area contributed by atoms with E-state index in [-0.39, 0.29) is 24.1 Å². The number of aromatic nitrogens is 1. The van der Waals surface area contributed by atoms with Crippen molar-refractivity contribution in [1.82, 2.24) is 9.99 Å². The topological polar surface area (TPSA) is 110 Å². The Kier molecular flexibility index (Phi) is 6.17. The fraction of sp³-hybridized carbons (Fsp3) is 0.421. The Balaban J connectivity index is 2.16. The lowest BCUT2D eigenvalue weighted by Crippen LogP contribution is -2.34. The van der Waals surface area contributed by atoms with Crippen LogP contribution in [0.1, 0.15) is 31.1 Å². The third-order valence-electron chi connectivity index (χ3n) is 3.66. The lowest BCUT2D eigenvalue weighted by molar-refractivity contribution is 0.0519. The van der Waals surface area contributed by atoms with Gasteiger partial charge in [0.05, 0.1) is 12.1 Å². The number of carboxylic acid groups (broad SMARTS) is 1. The van der Waals surface area contributed by atoms with Gasteiger partial charge in [0.25, 0.3) is 0 Å². The second-order valence-corrected chi connectivity index (χ2v) is 7.32. The second-order valence-electron chi connectivity index (χ2n) is 7.32. The Bertz CT molecular complexity index is 943. The number of pyridine rings is 1. The van der Waals surface area contributed by atoms with Crippen molar-refractivity contribution < 1.29 is 24.2 Å². The summed E-state index contributed by atoms with van der Waals surface area (Å²) in [5.41, 5.74) is -0.929.